The molecule has 0 atom stereocenters. The second kappa shape index (κ2) is 7.90. The molecule has 1 heterocycles. The van der Waals surface area contributed by atoms with E-state index in [1.807, 2.05) is 42.5 Å². The van der Waals surface area contributed by atoms with Crippen molar-refractivity contribution >= 4 is 23.2 Å². The second-order valence-corrected chi connectivity index (χ2v) is 5.96. The summed E-state index contributed by atoms with van der Waals surface area (Å²) in [6.07, 6.45) is 0.818. The molecule has 0 aliphatic rings. The number of anilines is 1. The van der Waals surface area contributed by atoms with E-state index in [4.69, 9.17) is 20.8 Å². The Balaban J connectivity index is 1.60. The monoisotopic (exact) mass is 355 g/mol. The van der Waals surface area contributed by atoms with Crippen LogP contribution in [0, 0.1) is 0 Å². The van der Waals surface area contributed by atoms with Gasteiger partial charge < -0.3 is 14.5 Å². The highest BCUT2D eigenvalue weighted by Gasteiger charge is 2.10. The fraction of sp³-hybridized carbons (Fsp3) is 0.150. The molecule has 3 rings (SSSR count). The van der Waals surface area contributed by atoms with Crippen molar-refractivity contribution in [2.45, 2.75) is 12.8 Å². The van der Waals surface area contributed by atoms with E-state index in [2.05, 4.69) is 5.32 Å². The molecule has 0 aliphatic heterocycles. The van der Waals surface area contributed by atoms with Crippen LogP contribution in [-0.4, -0.2) is 13.0 Å². The zero-order chi connectivity index (χ0) is 17.6. The number of amides is 1. The summed E-state index contributed by atoms with van der Waals surface area (Å²) in [5, 5.41) is 3.36. The van der Waals surface area contributed by atoms with E-state index in [1.54, 1.807) is 25.3 Å². The van der Waals surface area contributed by atoms with E-state index in [0.717, 1.165) is 17.1 Å². The lowest BCUT2D eigenvalue weighted by Crippen LogP contribution is -2.13. The molecular weight excluding hydrogens is 338 g/mol. The van der Waals surface area contributed by atoms with Gasteiger partial charge in [0, 0.05) is 23.4 Å². The Labute approximate surface area is 151 Å². The van der Waals surface area contributed by atoms with Crippen molar-refractivity contribution in [1.29, 1.82) is 0 Å². The van der Waals surface area contributed by atoms with Crippen LogP contribution in [0.3, 0.4) is 0 Å². The summed E-state index contributed by atoms with van der Waals surface area (Å²) in [5.74, 6) is 2.01. The fourth-order valence-electron chi connectivity index (χ4n) is 2.50. The zero-order valence-electron chi connectivity index (χ0n) is 13.8. The Morgan fingerprint density at radius 2 is 1.92 bits per heavy atom. The largest absolute Gasteiger partial charge is 0.495 e. The molecule has 0 aliphatic carbocycles. The molecule has 2 aromatic carbocycles. The molecule has 128 valence electrons. The average molecular weight is 356 g/mol. The molecule has 0 fully saturated rings. The lowest BCUT2D eigenvalue weighted by molar-refractivity contribution is -0.116. The SMILES string of the molecule is COc1ccc(Cl)cc1NC(=O)CCc1ccc(-c2ccccc2)o1. The third kappa shape index (κ3) is 4.43. The predicted molar refractivity (Wildman–Crippen MR) is 99.1 cm³/mol. The zero-order valence-corrected chi connectivity index (χ0v) is 14.5. The van der Waals surface area contributed by atoms with Gasteiger partial charge in [-0.15, -0.1) is 0 Å². The number of benzene rings is 2. The van der Waals surface area contributed by atoms with Gasteiger partial charge >= 0.3 is 0 Å². The summed E-state index contributed by atoms with van der Waals surface area (Å²) < 4.78 is 11.0. The van der Waals surface area contributed by atoms with Crippen LogP contribution in [0.4, 0.5) is 5.69 Å². The molecule has 1 N–H and O–H groups in total. The number of carbonyl (C=O) groups excluding carboxylic acids is 1. The van der Waals surface area contributed by atoms with Crippen molar-refractivity contribution in [1.82, 2.24) is 0 Å². The molecular formula is C20H18ClNO3. The Hall–Kier alpha value is -2.72. The van der Waals surface area contributed by atoms with Crippen LogP contribution in [0.2, 0.25) is 5.02 Å². The number of methoxy groups -OCH3 is 1. The summed E-state index contributed by atoms with van der Waals surface area (Å²) in [4.78, 5) is 12.2. The predicted octanol–water partition coefficient (Wildman–Crippen LogP) is 5.18. The van der Waals surface area contributed by atoms with Gasteiger partial charge in [-0.1, -0.05) is 41.9 Å². The maximum atomic E-state index is 12.2. The van der Waals surface area contributed by atoms with Gasteiger partial charge in [0.25, 0.3) is 0 Å². The van der Waals surface area contributed by atoms with E-state index in [9.17, 15) is 4.79 Å². The van der Waals surface area contributed by atoms with Crippen LogP contribution in [0.1, 0.15) is 12.2 Å². The van der Waals surface area contributed by atoms with Gasteiger partial charge in [-0.05, 0) is 30.3 Å². The Bertz CT molecular complexity index is 858. The highest BCUT2D eigenvalue weighted by Crippen LogP contribution is 2.28. The maximum Gasteiger partial charge on any atom is 0.224 e. The van der Waals surface area contributed by atoms with E-state index >= 15 is 0 Å². The smallest absolute Gasteiger partial charge is 0.224 e. The number of hydrogen-bond acceptors (Lipinski definition) is 3. The van der Waals surface area contributed by atoms with Crippen LogP contribution in [0.25, 0.3) is 11.3 Å². The summed E-state index contributed by atoms with van der Waals surface area (Å²) in [6, 6.07) is 18.8. The van der Waals surface area contributed by atoms with Gasteiger partial charge in [0.2, 0.25) is 5.91 Å². The fourth-order valence-corrected chi connectivity index (χ4v) is 2.67. The van der Waals surface area contributed by atoms with Crippen molar-refractivity contribution in [3.63, 3.8) is 0 Å². The minimum absolute atomic E-state index is 0.127. The maximum absolute atomic E-state index is 12.2. The summed E-state index contributed by atoms with van der Waals surface area (Å²) >= 11 is 5.97. The number of ether oxygens (including phenoxy) is 1. The first-order valence-electron chi connectivity index (χ1n) is 7.93. The number of hydrogen-bond donors (Lipinski definition) is 1. The topological polar surface area (TPSA) is 51.5 Å². The molecule has 4 nitrogen and oxygen atoms in total. The van der Waals surface area contributed by atoms with Crippen molar-refractivity contribution in [2.24, 2.45) is 0 Å². The average Bonchev–Trinajstić information content (AvgIpc) is 3.10. The normalized spacial score (nSPS) is 10.5. The first kappa shape index (κ1) is 17.1. The molecule has 0 bridgehead atoms. The van der Waals surface area contributed by atoms with Gasteiger partial charge in [0.05, 0.1) is 12.8 Å². The van der Waals surface area contributed by atoms with Gasteiger partial charge in [-0.3, -0.25) is 4.79 Å². The van der Waals surface area contributed by atoms with E-state index in [-0.39, 0.29) is 5.91 Å². The van der Waals surface area contributed by atoms with Gasteiger partial charge in [-0.2, -0.15) is 0 Å². The van der Waals surface area contributed by atoms with Crippen LogP contribution < -0.4 is 10.1 Å². The van der Waals surface area contributed by atoms with Gasteiger partial charge in [-0.25, -0.2) is 0 Å². The van der Waals surface area contributed by atoms with E-state index in [0.29, 0.717) is 29.3 Å². The van der Waals surface area contributed by atoms with Gasteiger partial charge in [0.1, 0.15) is 17.3 Å². The highest BCUT2D eigenvalue weighted by atomic mass is 35.5. The lowest BCUT2D eigenvalue weighted by Gasteiger charge is -2.10. The minimum Gasteiger partial charge on any atom is -0.495 e. The van der Waals surface area contributed by atoms with Gasteiger partial charge in [0.15, 0.2) is 0 Å². The number of nitrogens with one attached hydrogen (secondary N) is 1. The Kier molecular flexibility index (Phi) is 5.41. The molecule has 3 aromatic rings. The third-order valence-electron chi connectivity index (χ3n) is 3.75. The second-order valence-electron chi connectivity index (χ2n) is 5.52. The summed E-state index contributed by atoms with van der Waals surface area (Å²) in [7, 11) is 1.55. The molecule has 1 amide bonds. The number of carbonyl (C=O) groups is 1. The van der Waals surface area contributed by atoms with Crippen molar-refractivity contribution in [3.8, 4) is 17.1 Å². The van der Waals surface area contributed by atoms with E-state index < -0.39 is 0 Å². The van der Waals surface area contributed by atoms with Crippen LogP contribution in [-0.2, 0) is 11.2 Å². The molecule has 0 radical (unpaired) electrons. The van der Waals surface area contributed by atoms with Crippen molar-refractivity contribution in [3.05, 3.63) is 71.4 Å². The molecule has 0 unspecified atom stereocenters. The van der Waals surface area contributed by atoms with Crippen LogP contribution >= 0.6 is 11.6 Å². The molecule has 0 saturated carbocycles. The van der Waals surface area contributed by atoms with Crippen LogP contribution in [0.15, 0.2) is 65.1 Å². The standard InChI is InChI=1S/C20H18ClNO3/c1-24-19-10-7-15(21)13-17(19)22-20(23)12-9-16-8-11-18(25-16)14-5-3-2-4-6-14/h2-8,10-11,13H,9,12H2,1H3,(H,22,23). The number of aryl methyl sites for hydroxylation is 1. The Morgan fingerprint density at radius 1 is 1.12 bits per heavy atom. The molecule has 25 heavy (non-hydrogen) atoms. The number of rotatable bonds is 6. The molecule has 0 spiro atoms. The van der Waals surface area contributed by atoms with Crippen LogP contribution in [0.5, 0.6) is 5.75 Å². The molecule has 1 aromatic heterocycles. The quantitative estimate of drug-likeness (QED) is 0.662. The van der Waals surface area contributed by atoms with Crippen molar-refractivity contribution < 1.29 is 13.9 Å². The molecule has 0 saturated heterocycles. The third-order valence-corrected chi connectivity index (χ3v) is 3.99. The highest BCUT2D eigenvalue weighted by molar-refractivity contribution is 6.31. The summed E-state index contributed by atoms with van der Waals surface area (Å²) in [5.41, 5.74) is 1.58. The first-order valence-corrected chi connectivity index (χ1v) is 8.31. The Morgan fingerprint density at radius 3 is 2.68 bits per heavy atom. The van der Waals surface area contributed by atoms with Crippen molar-refractivity contribution in [2.75, 3.05) is 12.4 Å². The lowest BCUT2D eigenvalue weighted by atomic mass is 10.2. The number of halogens is 1. The number of furan rings is 1. The minimum atomic E-state index is -0.127. The first-order chi connectivity index (χ1) is 12.2. The summed E-state index contributed by atoms with van der Waals surface area (Å²) in [6.45, 7) is 0. The molecule has 5 heteroatoms. The van der Waals surface area contributed by atoms with E-state index in [1.165, 1.54) is 0 Å².